The van der Waals surface area contributed by atoms with E-state index in [9.17, 15) is 4.79 Å². The van der Waals surface area contributed by atoms with E-state index < -0.39 is 0 Å². The highest BCUT2D eigenvalue weighted by atomic mass is 32.1. The standard InChI is InChI=1S/C23H23N3O2S/c27-22-19-13-20(16-7-2-1-3-8-16)29-23(19)25-21(24-22)15-26(17-9-4-5-10-17)14-18-11-6-12-28-18/h1-3,6-8,11-13,17H,4-5,9-10,14-15H2,(H,24,25,27). The third-order valence-corrected chi connectivity index (χ3v) is 6.72. The van der Waals surface area contributed by atoms with Gasteiger partial charge in [-0.05, 0) is 36.6 Å². The first kappa shape index (κ1) is 18.3. The molecule has 0 atom stereocenters. The zero-order valence-corrected chi connectivity index (χ0v) is 17.0. The first-order chi connectivity index (χ1) is 14.3. The van der Waals surface area contributed by atoms with Gasteiger partial charge in [-0.25, -0.2) is 4.98 Å². The zero-order chi connectivity index (χ0) is 19.6. The summed E-state index contributed by atoms with van der Waals surface area (Å²) in [4.78, 5) is 24.8. The molecule has 3 aromatic heterocycles. The van der Waals surface area contributed by atoms with E-state index in [4.69, 9.17) is 9.40 Å². The lowest BCUT2D eigenvalue weighted by molar-refractivity contribution is 0.163. The van der Waals surface area contributed by atoms with E-state index in [0.717, 1.165) is 33.4 Å². The summed E-state index contributed by atoms with van der Waals surface area (Å²) in [5.41, 5.74) is 1.05. The number of nitrogens with one attached hydrogen (secondary N) is 1. The van der Waals surface area contributed by atoms with Crippen LogP contribution in [0.2, 0.25) is 0 Å². The predicted octanol–water partition coefficient (Wildman–Crippen LogP) is 5.19. The fourth-order valence-electron chi connectivity index (χ4n) is 4.17. The van der Waals surface area contributed by atoms with Crippen molar-refractivity contribution in [2.24, 2.45) is 0 Å². The van der Waals surface area contributed by atoms with E-state index >= 15 is 0 Å². The van der Waals surface area contributed by atoms with Gasteiger partial charge in [0.05, 0.1) is 24.7 Å². The van der Waals surface area contributed by atoms with Gasteiger partial charge in [0.2, 0.25) is 0 Å². The van der Waals surface area contributed by atoms with E-state index in [2.05, 4.69) is 22.0 Å². The summed E-state index contributed by atoms with van der Waals surface area (Å²) in [6, 6.07) is 16.5. The third kappa shape index (κ3) is 3.91. The first-order valence-electron chi connectivity index (χ1n) is 10.1. The molecule has 148 valence electrons. The molecule has 1 N–H and O–H groups in total. The number of aromatic nitrogens is 2. The Hall–Kier alpha value is -2.70. The molecule has 0 aliphatic heterocycles. The SMILES string of the molecule is O=c1[nH]c(CN(Cc2ccco2)C2CCCC2)nc2sc(-c3ccccc3)cc12. The maximum absolute atomic E-state index is 12.7. The molecule has 1 fully saturated rings. The van der Waals surface area contributed by atoms with Crippen LogP contribution in [0.4, 0.5) is 0 Å². The number of hydrogen-bond acceptors (Lipinski definition) is 5. The molecule has 5 nitrogen and oxygen atoms in total. The largest absolute Gasteiger partial charge is 0.468 e. The van der Waals surface area contributed by atoms with E-state index in [1.807, 2.05) is 36.4 Å². The van der Waals surface area contributed by atoms with E-state index in [-0.39, 0.29) is 5.56 Å². The molecular formula is C23H23N3O2S. The highest BCUT2D eigenvalue weighted by Gasteiger charge is 2.24. The summed E-state index contributed by atoms with van der Waals surface area (Å²) in [7, 11) is 0. The average Bonchev–Trinajstić information content (AvgIpc) is 3.49. The van der Waals surface area contributed by atoms with Crippen LogP contribution in [0.25, 0.3) is 20.7 Å². The summed E-state index contributed by atoms with van der Waals surface area (Å²) in [6.07, 6.45) is 6.60. The second kappa shape index (κ2) is 7.97. The summed E-state index contributed by atoms with van der Waals surface area (Å²) in [5.74, 6) is 1.67. The van der Waals surface area contributed by atoms with Gasteiger partial charge in [-0.2, -0.15) is 0 Å². The van der Waals surface area contributed by atoms with Gasteiger partial charge in [0.15, 0.2) is 0 Å². The molecular weight excluding hydrogens is 382 g/mol. The lowest BCUT2D eigenvalue weighted by Crippen LogP contribution is -2.33. The van der Waals surface area contributed by atoms with Crippen LogP contribution in [0.3, 0.4) is 0 Å². The molecule has 0 unspecified atom stereocenters. The third-order valence-electron chi connectivity index (χ3n) is 5.64. The zero-order valence-electron chi connectivity index (χ0n) is 16.1. The minimum Gasteiger partial charge on any atom is -0.468 e. The van der Waals surface area contributed by atoms with Crippen LogP contribution in [-0.2, 0) is 13.1 Å². The molecule has 3 heterocycles. The van der Waals surface area contributed by atoms with Crippen LogP contribution < -0.4 is 5.56 Å². The van der Waals surface area contributed by atoms with Gasteiger partial charge in [-0.15, -0.1) is 11.3 Å². The Balaban J connectivity index is 1.46. The van der Waals surface area contributed by atoms with Crippen molar-refractivity contribution >= 4 is 21.6 Å². The van der Waals surface area contributed by atoms with Gasteiger partial charge in [0, 0.05) is 10.9 Å². The summed E-state index contributed by atoms with van der Waals surface area (Å²) >= 11 is 1.58. The number of H-pyrrole nitrogens is 1. The molecule has 0 radical (unpaired) electrons. The Morgan fingerprint density at radius 2 is 1.93 bits per heavy atom. The van der Waals surface area contributed by atoms with Crippen molar-refractivity contribution in [3.05, 3.63) is 76.7 Å². The molecule has 0 amide bonds. The number of nitrogens with zero attached hydrogens (tertiary/aromatic N) is 2. The van der Waals surface area contributed by atoms with E-state index in [1.54, 1.807) is 17.6 Å². The topological polar surface area (TPSA) is 62.1 Å². The van der Waals surface area contributed by atoms with Crippen molar-refractivity contribution in [1.29, 1.82) is 0 Å². The highest BCUT2D eigenvalue weighted by molar-refractivity contribution is 7.21. The fourth-order valence-corrected chi connectivity index (χ4v) is 5.23. The minimum absolute atomic E-state index is 0.0622. The average molecular weight is 406 g/mol. The van der Waals surface area contributed by atoms with Gasteiger partial charge in [-0.3, -0.25) is 9.69 Å². The summed E-state index contributed by atoms with van der Waals surface area (Å²) < 4.78 is 5.58. The molecule has 0 bridgehead atoms. The van der Waals surface area contributed by atoms with Crippen LogP contribution in [0.5, 0.6) is 0 Å². The van der Waals surface area contributed by atoms with Gasteiger partial charge in [0.1, 0.15) is 16.4 Å². The van der Waals surface area contributed by atoms with Gasteiger partial charge in [-0.1, -0.05) is 43.2 Å². The molecule has 1 saturated carbocycles. The summed E-state index contributed by atoms with van der Waals surface area (Å²) in [6.45, 7) is 1.36. The number of aromatic amines is 1. The highest BCUT2D eigenvalue weighted by Crippen LogP contribution is 2.31. The Labute approximate surface area is 173 Å². The number of thiophene rings is 1. The monoisotopic (exact) mass is 405 g/mol. The van der Waals surface area contributed by atoms with Crippen LogP contribution in [0.15, 0.2) is 64.0 Å². The maximum atomic E-state index is 12.7. The molecule has 6 heteroatoms. The molecule has 4 aromatic rings. The number of fused-ring (bicyclic) bond motifs is 1. The van der Waals surface area contributed by atoms with Crippen LogP contribution >= 0.6 is 11.3 Å². The second-order valence-electron chi connectivity index (χ2n) is 7.63. The Morgan fingerprint density at radius 3 is 2.69 bits per heavy atom. The smallest absolute Gasteiger partial charge is 0.259 e. The molecule has 0 spiro atoms. The fraction of sp³-hybridized carbons (Fsp3) is 0.304. The normalized spacial score (nSPS) is 14.9. The number of furan rings is 1. The number of hydrogen-bond donors (Lipinski definition) is 1. The Kier molecular flexibility index (Phi) is 5.04. The maximum Gasteiger partial charge on any atom is 0.259 e. The van der Waals surface area contributed by atoms with Crippen molar-refractivity contribution in [2.75, 3.05) is 0 Å². The van der Waals surface area contributed by atoms with Crippen molar-refractivity contribution in [1.82, 2.24) is 14.9 Å². The quantitative estimate of drug-likeness (QED) is 0.480. The van der Waals surface area contributed by atoms with Crippen molar-refractivity contribution < 1.29 is 4.42 Å². The number of benzene rings is 1. The lowest BCUT2D eigenvalue weighted by atomic mass is 10.2. The van der Waals surface area contributed by atoms with Crippen LogP contribution in [0, 0.1) is 0 Å². The van der Waals surface area contributed by atoms with Gasteiger partial charge in [0.25, 0.3) is 5.56 Å². The molecule has 1 aromatic carbocycles. The molecule has 1 aliphatic rings. The van der Waals surface area contributed by atoms with Crippen molar-refractivity contribution in [2.45, 2.75) is 44.8 Å². The van der Waals surface area contributed by atoms with Crippen molar-refractivity contribution in [3.63, 3.8) is 0 Å². The first-order valence-corrected chi connectivity index (χ1v) is 10.9. The van der Waals surface area contributed by atoms with Crippen molar-refractivity contribution in [3.8, 4) is 10.4 Å². The minimum atomic E-state index is -0.0622. The van der Waals surface area contributed by atoms with Gasteiger partial charge < -0.3 is 9.40 Å². The van der Waals surface area contributed by atoms with E-state index in [0.29, 0.717) is 18.0 Å². The Bertz CT molecular complexity index is 1140. The number of rotatable bonds is 6. The molecule has 0 saturated heterocycles. The Morgan fingerprint density at radius 1 is 1.10 bits per heavy atom. The lowest BCUT2D eigenvalue weighted by Gasteiger charge is -2.27. The molecule has 5 rings (SSSR count). The van der Waals surface area contributed by atoms with E-state index in [1.165, 1.54) is 25.7 Å². The van der Waals surface area contributed by atoms with Gasteiger partial charge >= 0.3 is 0 Å². The molecule has 29 heavy (non-hydrogen) atoms. The predicted molar refractivity (Wildman–Crippen MR) is 116 cm³/mol. The second-order valence-corrected chi connectivity index (χ2v) is 8.66. The summed E-state index contributed by atoms with van der Waals surface area (Å²) in [5, 5.41) is 0.663. The van der Waals surface area contributed by atoms with Crippen LogP contribution in [0.1, 0.15) is 37.3 Å². The molecule has 1 aliphatic carbocycles. The van der Waals surface area contributed by atoms with Crippen LogP contribution in [-0.4, -0.2) is 20.9 Å².